The molecule has 0 saturated carbocycles. The van der Waals surface area contributed by atoms with Gasteiger partial charge in [0.15, 0.2) is 0 Å². The standard InChI is InChI=1S/C18H31N/c1-14(2)19(18(6,7)8)13-15-9-11-16(12-10-15)17(3,4)5/h9-12,14H,13H2,1-8H3. The van der Waals surface area contributed by atoms with Crippen LogP contribution in [0.2, 0.25) is 0 Å². The van der Waals surface area contributed by atoms with Gasteiger partial charge in [-0.25, -0.2) is 0 Å². The third kappa shape index (κ3) is 4.65. The molecule has 0 bridgehead atoms. The molecule has 108 valence electrons. The molecule has 1 heteroatoms. The minimum absolute atomic E-state index is 0.205. The lowest BCUT2D eigenvalue weighted by molar-refractivity contribution is 0.0901. The third-order valence-electron chi connectivity index (χ3n) is 3.66. The summed E-state index contributed by atoms with van der Waals surface area (Å²) >= 11 is 0. The highest BCUT2D eigenvalue weighted by molar-refractivity contribution is 5.27. The summed E-state index contributed by atoms with van der Waals surface area (Å²) in [5, 5.41) is 0. The van der Waals surface area contributed by atoms with Crippen molar-refractivity contribution in [3.63, 3.8) is 0 Å². The molecule has 0 heterocycles. The van der Waals surface area contributed by atoms with Crippen LogP contribution in [0.3, 0.4) is 0 Å². The van der Waals surface area contributed by atoms with Crippen LogP contribution >= 0.6 is 0 Å². The van der Waals surface area contributed by atoms with Crippen LogP contribution < -0.4 is 0 Å². The van der Waals surface area contributed by atoms with E-state index in [4.69, 9.17) is 0 Å². The summed E-state index contributed by atoms with van der Waals surface area (Å²) in [6.45, 7) is 19.2. The van der Waals surface area contributed by atoms with Gasteiger partial charge in [0.25, 0.3) is 0 Å². The number of hydrogen-bond acceptors (Lipinski definition) is 1. The van der Waals surface area contributed by atoms with E-state index in [9.17, 15) is 0 Å². The number of nitrogens with zero attached hydrogens (tertiary/aromatic N) is 1. The molecule has 0 saturated heterocycles. The van der Waals surface area contributed by atoms with E-state index in [0.717, 1.165) is 6.54 Å². The Morgan fingerprint density at radius 3 is 1.68 bits per heavy atom. The van der Waals surface area contributed by atoms with Crippen LogP contribution in [0.4, 0.5) is 0 Å². The molecular weight excluding hydrogens is 230 g/mol. The van der Waals surface area contributed by atoms with Gasteiger partial charge in [-0.15, -0.1) is 0 Å². The molecule has 1 nitrogen and oxygen atoms in total. The predicted octanol–water partition coefficient (Wildman–Crippen LogP) is 4.99. The molecule has 0 amide bonds. The molecule has 0 aliphatic heterocycles. The first-order valence-electron chi connectivity index (χ1n) is 7.38. The average Bonchev–Trinajstić information content (AvgIpc) is 2.23. The van der Waals surface area contributed by atoms with E-state index in [1.807, 2.05) is 0 Å². The highest BCUT2D eigenvalue weighted by Crippen LogP contribution is 2.24. The van der Waals surface area contributed by atoms with Gasteiger partial charge in [-0.05, 0) is 51.2 Å². The fourth-order valence-corrected chi connectivity index (χ4v) is 2.50. The molecule has 0 N–H and O–H groups in total. The first-order valence-corrected chi connectivity index (χ1v) is 7.38. The first kappa shape index (κ1) is 16.2. The minimum atomic E-state index is 0.205. The summed E-state index contributed by atoms with van der Waals surface area (Å²) in [5.74, 6) is 0. The van der Waals surface area contributed by atoms with Crippen molar-refractivity contribution >= 4 is 0 Å². The molecule has 0 fully saturated rings. The second kappa shape index (κ2) is 5.66. The Morgan fingerprint density at radius 1 is 0.895 bits per heavy atom. The molecule has 1 aromatic rings. The topological polar surface area (TPSA) is 3.24 Å². The third-order valence-corrected chi connectivity index (χ3v) is 3.66. The SMILES string of the molecule is CC(C)N(Cc1ccc(C(C)(C)C)cc1)C(C)(C)C. The summed E-state index contributed by atoms with van der Waals surface area (Å²) in [5.41, 5.74) is 3.25. The van der Waals surface area contributed by atoms with Crippen LogP contribution in [0.15, 0.2) is 24.3 Å². The van der Waals surface area contributed by atoms with E-state index < -0.39 is 0 Å². The molecule has 1 rings (SSSR count). The molecule has 1 aromatic carbocycles. The fourth-order valence-electron chi connectivity index (χ4n) is 2.50. The largest absolute Gasteiger partial charge is 0.292 e. The van der Waals surface area contributed by atoms with Gasteiger partial charge in [-0.2, -0.15) is 0 Å². The molecule has 19 heavy (non-hydrogen) atoms. The van der Waals surface area contributed by atoms with Gasteiger partial charge >= 0.3 is 0 Å². The van der Waals surface area contributed by atoms with Gasteiger partial charge in [0.1, 0.15) is 0 Å². The second-order valence-corrected chi connectivity index (χ2v) is 7.84. The lowest BCUT2D eigenvalue weighted by Crippen LogP contribution is -2.45. The van der Waals surface area contributed by atoms with Gasteiger partial charge < -0.3 is 0 Å². The molecule has 0 aliphatic rings. The van der Waals surface area contributed by atoms with Crippen molar-refractivity contribution in [1.29, 1.82) is 0 Å². The Kier molecular flexibility index (Phi) is 4.84. The van der Waals surface area contributed by atoms with Crippen molar-refractivity contribution in [3.05, 3.63) is 35.4 Å². The Labute approximate surface area is 120 Å². The number of hydrogen-bond donors (Lipinski definition) is 0. The first-order chi connectivity index (χ1) is 8.51. The zero-order valence-corrected chi connectivity index (χ0v) is 14.0. The van der Waals surface area contributed by atoms with Crippen LogP contribution in [0, 0.1) is 0 Å². The van der Waals surface area contributed by atoms with Crippen molar-refractivity contribution in [3.8, 4) is 0 Å². The molecule has 0 radical (unpaired) electrons. The maximum Gasteiger partial charge on any atom is 0.0241 e. The van der Waals surface area contributed by atoms with Gasteiger partial charge in [-0.1, -0.05) is 45.0 Å². The van der Waals surface area contributed by atoms with Crippen LogP contribution in [-0.4, -0.2) is 16.5 Å². The zero-order valence-electron chi connectivity index (χ0n) is 14.0. The number of rotatable bonds is 3. The zero-order chi connectivity index (χ0) is 14.8. The minimum Gasteiger partial charge on any atom is -0.292 e. The molecule has 0 aliphatic carbocycles. The molecule has 0 aromatic heterocycles. The normalized spacial score (nSPS) is 13.4. The summed E-state index contributed by atoms with van der Waals surface area (Å²) in [6.07, 6.45) is 0. The Balaban J connectivity index is 2.88. The van der Waals surface area contributed by atoms with E-state index in [0.29, 0.717) is 6.04 Å². The van der Waals surface area contributed by atoms with E-state index in [2.05, 4.69) is 84.6 Å². The van der Waals surface area contributed by atoms with Crippen LogP contribution in [0.25, 0.3) is 0 Å². The fraction of sp³-hybridized carbons (Fsp3) is 0.667. The predicted molar refractivity (Wildman–Crippen MR) is 85.6 cm³/mol. The van der Waals surface area contributed by atoms with Crippen LogP contribution in [-0.2, 0) is 12.0 Å². The van der Waals surface area contributed by atoms with Crippen LogP contribution in [0.1, 0.15) is 66.5 Å². The van der Waals surface area contributed by atoms with Crippen LogP contribution in [0.5, 0.6) is 0 Å². The molecular formula is C18H31N. The van der Waals surface area contributed by atoms with Gasteiger partial charge in [0.05, 0.1) is 0 Å². The lowest BCUT2D eigenvalue weighted by Gasteiger charge is -2.39. The average molecular weight is 261 g/mol. The van der Waals surface area contributed by atoms with E-state index in [1.54, 1.807) is 0 Å². The Bertz CT molecular complexity index is 387. The van der Waals surface area contributed by atoms with Crippen molar-refractivity contribution in [1.82, 2.24) is 4.90 Å². The molecule has 0 unspecified atom stereocenters. The van der Waals surface area contributed by atoms with E-state index in [-0.39, 0.29) is 11.0 Å². The van der Waals surface area contributed by atoms with Gasteiger partial charge in [0, 0.05) is 18.1 Å². The highest BCUT2D eigenvalue weighted by atomic mass is 15.2. The summed E-state index contributed by atoms with van der Waals surface area (Å²) < 4.78 is 0. The highest BCUT2D eigenvalue weighted by Gasteiger charge is 2.24. The monoisotopic (exact) mass is 261 g/mol. The Hall–Kier alpha value is -0.820. The van der Waals surface area contributed by atoms with E-state index in [1.165, 1.54) is 11.1 Å². The molecule has 0 atom stereocenters. The smallest absolute Gasteiger partial charge is 0.0241 e. The van der Waals surface area contributed by atoms with Gasteiger partial charge in [0.2, 0.25) is 0 Å². The lowest BCUT2D eigenvalue weighted by atomic mass is 9.86. The molecule has 0 spiro atoms. The van der Waals surface area contributed by atoms with Crippen molar-refractivity contribution in [2.75, 3.05) is 0 Å². The summed E-state index contributed by atoms with van der Waals surface area (Å²) in [6, 6.07) is 9.67. The second-order valence-electron chi connectivity index (χ2n) is 7.84. The van der Waals surface area contributed by atoms with Crippen molar-refractivity contribution in [2.24, 2.45) is 0 Å². The Morgan fingerprint density at radius 2 is 1.37 bits per heavy atom. The summed E-state index contributed by atoms with van der Waals surface area (Å²) in [4.78, 5) is 2.54. The summed E-state index contributed by atoms with van der Waals surface area (Å²) in [7, 11) is 0. The number of benzene rings is 1. The van der Waals surface area contributed by atoms with Crippen molar-refractivity contribution < 1.29 is 0 Å². The van der Waals surface area contributed by atoms with E-state index >= 15 is 0 Å². The van der Waals surface area contributed by atoms with Crippen molar-refractivity contribution in [2.45, 2.75) is 78.9 Å². The quantitative estimate of drug-likeness (QED) is 0.740. The maximum atomic E-state index is 2.54. The van der Waals surface area contributed by atoms with Gasteiger partial charge in [-0.3, -0.25) is 4.90 Å². The maximum absolute atomic E-state index is 2.54.